The van der Waals surface area contributed by atoms with Crippen molar-refractivity contribution in [3.63, 3.8) is 0 Å². The van der Waals surface area contributed by atoms with Crippen LogP contribution in [0.4, 0.5) is 5.69 Å². The lowest BCUT2D eigenvalue weighted by atomic mass is 9.68. The van der Waals surface area contributed by atoms with Gasteiger partial charge in [0.05, 0.1) is 5.69 Å². The molecule has 1 aliphatic carbocycles. The second-order valence-corrected chi connectivity index (χ2v) is 9.25. The van der Waals surface area contributed by atoms with E-state index in [1.54, 1.807) is 0 Å². The van der Waals surface area contributed by atoms with Crippen LogP contribution in [0.1, 0.15) is 43.7 Å². The maximum atomic E-state index is 13.4. The van der Waals surface area contributed by atoms with Crippen LogP contribution in [0, 0.1) is 5.41 Å². The van der Waals surface area contributed by atoms with Gasteiger partial charge in [-0.2, -0.15) is 0 Å². The third-order valence-electron chi connectivity index (χ3n) is 6.49. The van der Waals surface area contributed by atoms with Gasteiger partial charge in [0.25, 0.3) is 0 Å². The molecule has 6 rings (SSSR count). The highest BCUT2D eigenvalue weighted by Crippen LogP contribution is 2.51. The summed E-state index contributed by atoms with van der Waals surface area (Å²) in [5.41, 5.74) is 5.22. The third kappa shape index (κ3) is 2.56. The SMILES string of the molecule is CC1(C)CC(=O)C2=C(C1)Nc1c(ccc3ccccc13)[C@H]2c1ccc2c(c1)OCO2. The first-order valence-electron chi connectivity index (χ1n) is 10.4. The van der Waals surface area contributed by atoms with Gasteiger partial charge < -0.3 is 14.8 Å². The summed E-state index contributed by atoms with van der Waals surface area (Å²) in [6, 6.07) is 18.8. The molecule has 4 nitrogen and oxygen atoms in total. The van der Waals surface area contributed by atoms with Crippen LogP contribution in [0.15, 0.2) is 65.9 Å². The fraction of sp³-hybridized carbons (Fsp3) is 0.269. The molecule has 0 fully saturated rings. The van der Waals surface area contributed by atoms with E-state index in [1.807, 2.05) is 12.1 Å². The number of allylic oxidation sites excluding steroid dienone is 2. The number of fused-ring (bicyclic) bond motifs is 4. The highest BCUT2D eigenvalue weighted by Gasteiger charge is 2.41. The lowest BCUT2D eigenvalue weighted by Gasteiger charge is -2.40. The number of ketones is 1. The number of carbonyl (C=O) groups excluding carboxylic acids is 1. The molecule has 0 saturated heterocycles. The molecule has 3 aromatic carbocycles. The predicted octanol–water partition coefficient (Wildman–Crippen LogP) is 5.77. The smallest absolute Gasteiger partial charge is 0.231 e. The van der Waals surface area contributed by atoms with Crippen LogP contribution in [-0.2, 0) is 4.79 Å². The highest BCUT2D eigenvalue weighted by atomic mass is 16.7. The number of anilines is 1. The molecule has 0 saturated carbocycles. The topological polar surface area (TPSA) is 47.6 Å². The van der Waals surface area contributed by atoms with E-state index in [1.165, 1.54) is 10.8 Å². The van der Waals surface area contributed by atoms with E-state index in [0.29, 0.717) is 6.42 Å². The van der Waals surface area contributed by atoms with Gasteiger partial charge in [0.2, 0.25) is 6.79 Å². The maximum Gasteiger partial charge on any atom is 0.231 e. The molecule has 3 aromatic rings. The molecule has 30 heavy (non-hydrogen) atoms. The van der Waals surface area contributed by atoms with Crippen LogP contribution in [0.2, 0.25) is 0 Å². The van der Waals surface area contributed by atoms with Crippen molar-refractivity contribution in [1.29, 1.82) is 0 Å². The summed E-state index contributed by atoms with van der Waals surface area (Å²) in [5, 5.41) is 6.06. The predicted molar refractivity (Wildman–Crippen MR) is 117 cm³/mol. The summed E-state index contributed by atoms with van der Waals surface area (Å²) in [4.78, 5) is 13.4. The first kappa shape index (κ1) is 17.6. The highest BCUT2D eigenvalue weighted by molar-refractivity contribution is 6.05. The molecule has 0 amide bonds. The lowest BCUT2D eigenvalue weighted by Crippen LogP contribution is -2.33. The fourth-order valence-corrected chi connectivity index (χ4v) is 5.19. The van der Waals surface area contributed by atoms with Crippen molar-refractivity contribution in [2.45, 2.75) is 32.6 Å². The molecule has 1 atom stereocenters. The van der Waals surface area contributed by atoms with Crippen LogP contribution in [0.25, 0.3) is 10.8 Å². The summed E-state index contributed by atoms with van der Waals surface area (Å²) in [6.45, 7) is 4.59. The lowest BCUT2D eigenvalue weighted by molar-refractivity contribution is -0.118. The molecule has 0 bridgehead atoms. The van der Waals surface area contributed by atoms with Crippen molar-refractivity contribution in [3.8, 4) is 11.5 Å². The van der Waals surface area contributed by atoms with Gasteiger partial charge in [0, 0.05) is 29.0 Å². The summed E-state index contributed by atoms with van der Waals surface area (Å²) < 4.78 is 11.2. The summed E-state index contributed by atoms with van der Waals surface area (Å²) in [5.74, 6) is 1.63. The number of carbonyl (C=O) groups is 1. The van der Waals surface area contributed by atoms with Crippen molar-refractivity contribution in [2.75, 3.05) is 12.1 Å². The number of hydrogen-bond donors (Lipinski definition) is 1. The van der Waals surface area contributed by atoms with Crippen LogP contribution in [0.3, 0.4) is 0 Å². The third-order valence-corrected chi connectivity index (χ3v) is 6.49. The minimum absolute atomic E-state index is 0.0512. The van der Waals surface area contributed by atoms with Gasteiger partial charge in [0.15, 0.2) is 17.3 Å². The zero-order valence-corrected chi connectivity index (χ0v) is 17.1. The number of hydrogen-bond acceptors (Lipinski definition) is 4. The number of ether oxygens (including phenoxy) is 2. The van der Waals surface area contributed by atoms with Crippen molar-refractivity contribution in [2.24, 2.45) is 5.41 Å². The Morgan fingerprint density at radius 1 is 0.967 bits per heavy atom. The van der Waals surface area contributed by atoms with Gasteiger partial charge in [-0.25, -0.2) is 0 Å². The van der Waals surface area contributed by atoms with Gasteiger partial charge in [0.1, 0.15) is 0 Å². The normalized spacial score (nSPS) is 21.3. The zero-order chi connectivity index (χ0) is 20.5. The maximum absolute atomic E-state index is 13.4. The van der Waals surface area contributed by atoms with Crippen LogP contribution >= 0.6 is 0 Å². The van der Waals surface area contributed by atoms with E-state index in [9.17, 15) is 4.79 Å². The summed E-state index contributed by atoms with van der Waals surface area (Å²) >= 11 is 0. The van der Waals surface area contributed by atoms with Crippen molar-refractivity contribution < 1.29 is 14.3 Å². The van der Waals surface area contributed by atoms with Gasteiger partial charge in [-0.05, 0) is 40.5 Å². The molecular weight excluding hydrogens is 374 g/mol. The number of nitrogens with one attached hydrogen (secondary N) is 1. The number of rotatable bonds is 1. The van der Waals surface area contributed by atoms with Gasteiger partial charge in [-0.1, -0.05) is 56.3 Å². The number of Topliss-reactive ketones (excluding diaryl/α,β-unsaturated/α-hetero) is 1. The molecule has 0 radical (unpaired) electrons. The average Bonchev–Trinajstić information content (AvgIpc) is 3.19. The number of benzene rings is 3. The largest absolute Gasteiger partial charge is 0.454 e. The Hall–Kier alpha value is -3.27. The monoisotopic (exact) mass is 397 g/mol. The van der Waals surface area contributed by atoms with E-state index in [-0.39, 0.29) is 23.9 Å². The Morgan fingerprint density at radius 3 is 2.70 bits per heavy atom. The van der Waals surface area contributed by atoms with Crippen LogP contribution in [-0.4, -0.2) is 12.6 Å². The molecule has 0 unspecified atom stereocenters. The standard InChI is InChI=1S/C26H23NO3/c1-26(2)12-19-24(20(28)13-26)23(16-8-10-21-22(11-16)30-14-29-21)18-9-7-15-5-3-4-6-17(15)25(18)27-19/h3-11,23,27H,12-14H2,1-2H3/t23-/m1/s1. The molecule has 2 heterocycles. The average molecular weight is 397 g/mol. The first-order valence-corrected chi connectivity index (χ1v) is 10.4. The van der Waals surface area contributed by atoms with Gasteiger partial charge >= 0.3 is 0 Å². The van der Waals surface area contributed by atoms with Gasteiger partial charge in [-0.3, -0.25) is 4.79 Å². The Labute approximate surface area is 175 Å². The minimum Gasteiger partial charge on any atom is -0.454 e. The quantitative estimate of drug-likeness (QED) is 0.566. The molecule has 3 aliphatic rings. The Morgan fingerprint density at radius 2 is 1.80 bits per heavy atom. The Balaban J connectivity index is 1.61. The van der Waals surface area contributed by atoms with E-state index in [2.05, 4.69) is 61.6 Å². The summed E-state index contributed by atoms with van der Waals surface area (Å²) in [7, 11) is 0. The fourth-order valence-electron chi connectivity index (χ4n) is 5.19. The van der Waals surface area contributed by atoms with Crippen LogP contribution in [0.5, 0.6) is 11.5 Å². The minimum atomic E-state index is -0.112. The Bertz CT molecular complexity index is 1250. The van der Waals surface area contributed by atoms with Crippen molar-refractivity contribution >= 4 is 22.2 Å². The first-order chi connectivity index (χ1) is 14.5. The second-order valence-electron chi connectivity index (χ2n) is 9.25. The molecule has 4 heteroatoms. The van der Waals surface area contributed by atoms with Gasteiger partial charge in [-0.15, -0.1) is 0 Å². The van der Waals surface area contributed by atoms with Crippen LogP contribution < -0.4 is 14.8 Å². The Kier molecular flexibility index (Phi) is 3.58. The molecular formula is C26H23NO3. The zero-order valence-electron chi connectivity index (χ0n) is 17.1. The van der Waals surface area contributed by atoms with Crippen molar-refractivity contribution in [1.82, 2.24) is 0 Å². The second kappa shape index (κ2) is 6.11. The summed E-state index contributed by atoms with van der Waals surface area (Å²) in [6.07, 6.45) is 1.43. The van der Waals surface area contributed by atoms with E-state index < -0.39 is 0 Å². The molecule has 150 valence electrons. The molecule has 0 spiro atoms. The molecule has 0 aromatic heterocycles. The van der Waals surface area contributed by atoms with Crippen molar-refractivity contribution in [3.05, 3.63) is 77.0 Å². The molecule has 1 N–H and O–H groups in total. The van der Waals surface area contributed by atoms with E-state index in [0.717, 1.165) is 46.0 Å². The molecule has 2 aliphatic heterocycles. The van der Waals surface area contributed by atoms with E-state index in [4.69, 9.17) is 9.47 Å². The van der Waals surface area contributed by atoms with E-state index >= 15 is 0 Å².